The lowest BCUT2D eigenvalue weighted by Gasteiger charge is -2.28. The number of ether oxygens (including phenoxy) is 2. The van der Waals surface area contributed by atoms with E-state index in [0.717, 1.165) is 4.90 Å². The molecule has 0 saturated heterocycles. The Morgan fingerprint density at radius 1 is 1.40 bits per heavy atom. The maximum atomic E-state index is 12.8. The molecule has 0 saturated carbocycles. The van der Waals surface area contributed by atoms with Gasteiger partial charge in [-0.3, -0.25) is 14.4 Å². The van der Waals surface area contributed by atoms with E-state index in [-0.39, 0.29) is 41.4 Å². The molecule has 0 aromatic heterocycles. The molecule has 0 bridgehead atoms. The van der Waals surface area contributed by atoms with Crippen molar-refractivity contribution in [2.24, 2.45) is 0 Å². The van der Waals surface area contributed by atoms with Crippen LogP contribution in [-0.2, 0) is 21.2 Å². The highest BCUT2D eigenvalue weighted by molar-refractivity contribution is 7.92. The maximum absolute atomic E-state index is 12.8. The molecule has 0 spiro atoms. The van der Waals surface area contributed by atoms with Crippen molar-refractivity contribution in [3.63, 3.8) is 0 Å². The predicted molar refractivity (Wildman–Crippen MR) is 112 cm³/mol. The number of amides is 3. The minimum absolute atomic E-state index is 0.0551. The lowest BCUT2D eigenvalue weighted by Crippen LogP contribution is -2.49. The number of carbonyl (C=O) groups excluding carboxylic acids is 2. The van der Waals surface area contributed by atoms with E-state index in [4.69, 9.17) is 21.7 Å². The van der Waals surface area contributed by atoms with Gasteiger partial charge in [-0.2, -0.15) is 0 Å². The fourth-order valence-corrected chi connectivity index (χ4v) is 4.53. The van der Waals surface area contributed by atoms with E-state index in [9.17, 15) is 18.0 Å². The van der Waals surface area contributed by atoms with Crippen molar-refractivity contribution in [2.45, 2.75) is 24.3 Å². The second-order valence-corrected chi connectivity index (χ2v) is 8.60. The lowest BCUT2D eigenvalue weighted by molar-refractivity contribution is -0.122. The second-order valence-electron chi connectivity index (χ2n) is 6.54. The van der Waals surface area contributed by atoms with E-state index in [2.05, 4.69) is 15.4 Å². The van der Waals surface area contributed by atoms with Gasteiger partial charge in [0, 0.05) is 25.7 Å². The van der Waals surface area contributed by atoms with Crippen LogP contribution in [0.5, 0.6) is 11.5 Å². The summed E-state index contributed by atoms with van der Waals surface area (Å²) >= 11 is 4.91. The Morgan fingerprint density at radius 2 is 2.17 bits per heavy atom. The smallest absolute Gasteiger partial charge is 0.324 e. The van der Waals surface area contributed by atoms with Gasteiger partial charge >= 0.3 is 6.03 Å². The van der Waals surface area contributed by atoms with Crippen molar-refractivity contribution in [2.75, 3.05) is 26.8 Å². The van der Waals surface area contributed by atoms with Gasteiger partial charge in [0.05, 0.1) is 12.6 Å². The molecule has 1 aromatic carbocycles. The largest absolute Gasteiger partial charge is 0.492 e. The summed E-state index contributed by atoms with van der Waals surface area (Å²) in [6.45, 7) is 2.39. The van der Waals surface area contributed by atoms with E-state index in [1.165, 1.54) is 25.3 Å². The molecule has 2 heterocycles. The van der Waals surface area contributed by atoms with Crippen LogP contribution in [-0.4, -0.2) is 63.2 Å². The van der Waals surface area contributed by atoms with Crippen molar-refractivity contribution in [3.05, 3.63) is 29.8 Å². The van der Waals surface area contributed by atoms with E-state index < -0.39 is 22.1 Å². The lowest BCUT2D eigenvalue weighted by atomic mass is 10.0. The monoisotopic (exact) mass is 454 g/mol. The first-order chi connectivity index (χ1) is 14.2. The molecule has 2 aliphatic rings. The summed E-state index contributed by atoms with van der Waals surface area (Å²) in [5, 5.41) is 5.24. The SMILES string of the molecule is CCOc1cc2c(cc1S(=O)(=O)NC(=S)NC)CC(NC(=O)N1CC=CC1=O)CO2. The van der Waals surface area contributed by atoms with Gasteiger partial charge in [-0.15, -0.1) is 0 Å². The molecular formula is C18H22N4O6S2. The number of fused-ring (bicyclic) bond motifs is 1. The molecule has 12 heteroatoms. The van der Waals surface area contributed by atoms with Crippen molar-refractivity contribution < 1.29 is 27.5 Å². The molecule has 0 radical (unpaired) electrons. The minimum Gasteiger partial charge on any atom is -0.492 e. The zero-order valence-electron chi connectivity index (χ0n) is 16.4. The summed E-state index contributed by atoms with van der Waals surface area (Å²) in [5.41, 5.74) is 0.580. The van der Waals surface area contributed by atoms with Crippen molar-refractivity contribution in [1.29, 1.82) is 0 Å². The van der Waals surface area contributed by atoms with Gasteiger partial charge in [-0.1, -0.05) is 6.08 Å². The zero-order chi connectivity index (χ0) is 21.9. The van der Waals surface area contributed by atoms with Crippen LogP contribution in [0.1, 0.15) is 12.5 Å². The van der Waals surface area contributed by atoms with Crippen LogP contribution in [0.25, 0.3) is 0 Å². The average molecular weight is 455 g/mol. The third-order valence-electron chi connectivity index (χ3n) is 4.46. The standard InChI is InChI=1S/C18H22N4O6S2/c1-3-27-14-9-13-11(8-15(14)30(25,26)21-17(29)19-2)7-12(10-28-13)20-18(24)22-6-4-5-16(22)23/h4-5,8-9,12H,3,6-7,10H2,1-2H3,(H,20,24)(H2,19,21,29). The van der Waals surface area contributed by atoms with E-state index in [0.29, 0.717) is 17.7 Å². The summed E-state index contributed by atoms with van der Waals surface area (Å²) in [4.78, 5) is 25.0. The van der Waals surface area contributed by atoms with E-state index in [1.807, 2.05) is 0 Å². The molecule has 0 aliphatic carbocycles. The highest BCUT2D eigenvalue weighted by atomic mass is 32.2. The minimum atomic E-state index is -4.00. The Hall–Kier alpha value is -2.86. The van der Waals surface area contributed by atoms with Gasteiger partial charge in [0.25, 0.3) is 15.9 Å². The number of sulfonamides is 1. The number of rotatable bonds is 5. The van der Waals surface area contributed by atoms with Crippen molar-refractivity contribution >= 4 is 39.3 Å². The zero-order valence-corrected chi connectivity index (χ0v) is 18.1. The number of urea groups is 1. The van der Waals surface area contributed by atoms with Gasteiger partial charge in [0.1, 0.15) is 23.0 Å². The first kappa shape index (κ1) is 21.8. The Bertz CT molecular complexity index is 1010. The van der Waals surface area contributed by atoms with Crippen LogP contribution in [0.3, 0.4) is 0 Å². The third-order valence-corrected chi connectivity index (χ3v) is 6.27. The van der Waals surface area contributed by atoms with Crippen LogP contribution in [0, 0.1) is 0 Å². The first-order valence-corrected chi connectivity index (χ1v) is 11.1. The third kappa shape index (κ3) is 4.65. The molecule has 3 N–H and O–H groups in total. The van der Waals surface area contributed by atoms with Crippen LogP contribution in [0.2, 0.25) is 0 Å². The summed E-state index contributed by atoms with van der Waals surface area (Å²) in [5.74, 6) is 0.225. The van der Waals surface area contributed by atoms with Crippen LogP contribution < -0.4 is 24.8 Å². The first-order valence-electron chi connectivity index (χ1n) is 9.20. The maximum Gasteiger partial charge on any atom is 0.324 e. The Morgan fingerprint density at radius 3 is 2.80 bits per heavy atom. The summed E-state index contributed by atoms with van der Waals surface area (Å²) in [6, 6.07) is 2.00. The fourth-order valence-electron chi connectivity index (χ4n) is 3.07. The molecule has 1 atom stereocenters. The molecule has 10 nitrogen and oxygen atoms in total. The van der Waals surface area contributed by atoms with Crippen LogP contribution in [0.15, 0.2) is 29.2 Å². The molecule has 1 aromatic rings. The van der Waals surface area contributed by atoms with E-state index in [1.54, 1.807) is 13.0 Å². The second kappa shape index (κ2) is 8.88. The number of benzene rings is 1. The van der Waals surface area contributed by atoms with Gasteiger partial charge in [0.2, 0.25) is 0 Å². The number of carbonyl (C=O) groups is 2. The highest BCUT2D eigenvalue weighted by Crippen LogP contribution is 2.35. The molecule has 1 unspecified atom stereocenters. The summed E-state index contributed by atoms with van der Waals surface area (Å²) < 4.78 is 39.0. The summed E-state index contributed by atoms with van der Waals surface area (Å²) in [7, 11) is -2.50. The number of imide groups is 1. The van der Waals surface area contributed by atoms with Gasteiger partial charge in [-0.05, 0) is 37.2 Å². The van der Waals surface area contributed by atoms with Gasteiger partial charge in [0.15, 0.2) is 5.11 Å². The Kier molecular flexibility index (Phi) is 6.46. The summed E-state index contributed by atoms with van der Waals surface area (Å²) in [6.07, 6.45) is 3.26. The molecule has 3 rings (SSSR count). The molecule has 162 valence electrons. The Labute approximate surface area is 179 Å². The predicted octanol–water partition coefficient (Wildman–Crippen LogP) is 0.279. The molecule has 30 heavy (non-hydrogen) atoms. The fraction of sp³-hybridized carbons (Fsp3) is 0.389. The molecule has 2 aliphatic heterocycles. The van der Waals surface area contributed by atoms with Gasteiger partial charge < -0.3 is 20.1 Å². The molecular weight excluding hydrogens is 432 g/mol. The number of thiocarbonyl (C=S) groups is 1. The number of hydrogen-bond donors (Lipinski definition) is 3. The highest BCUT2D eigenvalue weighted by Gasteiger charge is 2.30. The molecule has 0 fully saturated rings. The van der Waals surface area contributed by atoms with Crippen LogP contribution in [0.4, 0.5) is 4.79 Å². The van der Waals surface area contributed by atoms with Crippen molar-refractivity contribution in [3.8, 4) is 11.5 Å². The average Bonchev–Trinajstić information content (AvgIpc) is 3.13. The van der Waals surface area contributed by atoms with Gasteiger partial charge in [-0.25, -0.2) is 13.2 Å². The number of nitrogens with zero attached hydrogens (tertiary/aromatic N) is 1. The quantitative estimate of drug-likeness (QED) is 0.542. The number of nitrogens with one attached hydrogen (secondary N) is 3. The van der Waals surface area contributed by atoms with E-state index >= 15 is 0 Å². The van der Waals surface area contributed by atoms with Crippen LogP contribution >= 0.6 is 12.2 Å². The number of hydrogen-bond acceptors (Lipinski definition) is 7. The topological polar surface area (TPSA) is 126 Å². The molecule has 3 amide bonds. The van der Waals surface area contributed by atoms with Crippen molar-refractivity contribution in [1.82, 2.24) is 20.3 Å². The Balaban J connectivity index is 1.83. The normalized spacial score (nSPS) is 17.7.